The molecule has 0 saturated carbocycles. The van der Waals surface area contributed by atoms with Gasteiger partial charge in [-0.15, -0.1) is 23.5 Å². The molecule has 0 aliphatic rings. The fraction of sp³-hybridized carbons (Fsp3) is 0.933. The van der Waals surface area contributed by atoms with E-state index in [1.165, 1.54) is 128 Å². The molecular formula is C30H60O4S2. The maximum Gasteiger partial charge on any atom is 0.305 e. The van der Waals surface area contributed by atoms with Crippen LogP contribution in [-0.2, 0) is 9.59 Å². The highest BCUT2D eigenvalue weighted by atomic mass is 32.2. The molecule has 2 N–H and O–H groups in total. The van der Waals surface area contributed by atoms with Gasteiger partial charge >= 0.3 is 11.9 Å². The third-order valence-corrected chi connectivity index (χ3v) is 9.19. The molecule has 36 heavy (non-hydrogen) atoms. The lowest BCUT2D eigenvalue weighted by molar-refractivity contribution is -0.137. The minimum atomic E-state index is -0.745. The first-order valence-electron chi connectivity index (χ1n) is 15.1. The van der Waals surface area contributed by atoms with Crippen molar-refractivity contribution >= 4 is 35.5 Å². The Bertz CT molecular complexity index is 434. The van der Waals surface area contributed by atoms with Crippen LogP contribution in [0.3, 0.4) is 0 Å². The Labute approximate surface area is 232 Å². The average Bonchev–Trinajstić information content (AvgIpc) is 2.85. The first-order valence-corrected chi connectivity index (χ1v) is 17.2. The van der Waals surface area contributed by atoms with Crippen molar-refractivity contribution in [3.63, 3.8) is 0 Å². The zero-order valence-electron chi connectivity index (χ0n) is 24.1. The topological polar surface area (TPSA) is 74.6 Å². The van der Waals surface area contributed by atoms with Crippen LogP contribution in [0, 0.1) is 0 Å². The van der Waals surface area contributed by atoms with E-state index < -0.39 is 11.9 Å². The Morgan fingerprint density at radius 1 is 0.500 bits per heavy atom. The third kappa shape index (κ3) is 35.8. The second-order valence-corrected chi connectivity index (χ2v) is 12.8. The van der Waals surface area contributed by atoms with Crippen molar-refractivity contribution < 1.29 is 19.8 Å². The lowest BCUT2D eigenvalue weighted by Crippen LogP contribution is -2.08. The number of carboxylic acids is 2. The van der Waals surface area contributed by atoms with Crippen LogP contribution in [-0.4, -0.2) is 38.2 Å². The maximum absolute atomic E-state index is 11.2. The van der Waals surface area contributed by atoms with Crippen molar-refractivity contribution in [2.75, 3.05) is 11.5 Å². The van der Waals surface area contributed by atoms with E-state index >= 15 is 0 Å². The Morgan fingerprint density at radius 2 is 0.778 bits per heavy atom. The van der Waals surface area contributed by atoms with Crippen molar-refractivity contribution in [2.24, 2.45) is 0 Å². The standard InChI is InChI=1S/C27H54O2S2.C3H6O2/c1-3-5-7-9-11-13-15-17-19-21-23-30-27(25-26(28)29)31-24-22-20-18-16-14-12-10-8-6-4-2;1-2-3(4)5/h27H,3-25H2,1-2H3,(H,28,29);2H2,1H3,(H,4,5). The number of thioether (sulfide) groups is 2. The molecule has 0 aromatic rings. The van der Waals surface area contributed by atoms with Crippen LogP contribution < -0.4 is 0 Å². The van der Waals surface area contributed by atoms with Gasteiger partial charge in [0.15, 0.2) is 0 Å². The second kappa shape index (κ2) is 32.7. The Kier molecular flexibility index (Phi) is 34.3. The minimum Gasteiger partial charge on any atom is -0.481 e. The quantitative estimate of drug-likeness (QED) is 0.0785. The fourth-order valence-corrected chi connectivity index (χ4v) is 6.67. The zero-order valence-corrected chi connectivity index (χ0v) is 25.7. The average molecular weight is 549 g/mol. The Hall–Kier alpha value is -0.360. The number of hydrogen-bond acceptors (Lipinski definition) is 4. The first-order chi connectivity index (χ1) is 17.5. The first kappa shape index (κ1) is 37.8. The summed E-state index contributed by atoms with van der Waals surface area (Å²) >= 11 is 3.78. The van der Waals surface area contributed by atoms with E-state index in [1.807, 2.05) is 23.5 Å². The number of carbonyl (C=O) groups is 2. The summed E-state index contributed by atoms with van der Waals surface area (Å²) in [5, 5.41) is 16.9. The van der Waals surface area contributed by atoms with Crippen LogP contribution in [0.5, 0.6) is 0 Å². The molecule has 0 atom stereocenters. The number of carboxylic acid groups (broad SMARTS) is 2. The number of unbranched alkanes of at least 4 members (excludes halogenated alkanes) is 18. The fourth-order valence-electron chi connectivity index (χ4n) is 3.92. The van der Waals surface area contributed by atoms with Gasteiger partial charge in [0, 0.05) is 6.42 Å². The van der Waals surface area contributed by atoms with Gasteiger partial charge < -0.3 is 10.2 Å². The van der Waals surface area contributed by atoms with Gasteiger partial charge in [0.05, 0.1) is 11.0 Å². The van der Waals surface area contributed by atoms with Crippen LogP contribution in [0.4, 0.5) is 0 Å². The molecule has 0 aromatic carbocycles. The molecular weight excluding hydrogens is 488 g/mol. The van der Waals surface area contributed by atoms with Gasteiger partial charge in [-0.25, -0.2) is 0 Å². The zero-order chi connectivity index (χ0) is 27.1. The molecule has 0 amide bonds. The summed E-state index contributed by atoms with van der Waals surface area (Å²) in [4.78, 5) is 20.6. The monoisotopic (exact) mass is 548 g/mol. The minimum absolute atomic E-state index is 0.222. The summed E-state index contributed by atoms with van der Waals surface area (Å²) in [6.45, 7) is 6.15. The molecule has 0 fully saturated rings. The lowest BCUT2D eigenvalue weighted by Gasteiger charge is -2.14. The highest BCUT2D eigenvalue weighted by molar-refractivity contribution is 8.17. The predicted octanol–water partition coefficient (Wildman–Crippen LogP) is 10.6. The highest BCUT2D eigenvalue weighted by Crippen LogP contribution is 2.29. The van der Waals surface area contributed by atoms with Gasteiger partial charge in [-0.1, -0.05) is 136 Å². The summed E-state index contributed by atoms with van der Waals surface area (Å²) < 4.78 is 0.245. The molecule has 216 valence electrons. The van der Waals surface area contributed by atoms with Crippen molar-refractivity contribution in [1.82, 2.24) is 0 Å². The van der Waals surface area contributed by atoms with E-state index in [0.717, 1.165) is 11.5 Å². The van der Waals surface area contributed by atoms with Crippen LogP contribution in [0.1, 0.15) is 162 Å². The molecule has 4 nitrogen and oxygen atoms in total. The SMILES string of the molecule is CCC(=O)O.CCCCCCCCCCCCSC(CC(=O)O)SCCCCCCCCCCCC. The molecule has 0 aromatic heterocycles. The summed E-state index contributed by atoms with van der Waals surface area (Å²) in [7, 11) is 0. The van der Waals surface area contributed by atoms with Crippen molar-refractivity contribution in [1.29, 1.82) is 0 Å². The second-order valence-electron chi connectivity index (χ2n) is 9.88. The number of rotatable bonds is 27. The Morgan fingerprint density at radius 3 is 1.03 bits per heavy atom. The molecule has 0 unspecified atom stereocenters. The normalized spacial score (nSPS) is 10.9. The summed E-state index contributed by atoms with van der Waals surface area (Å²) in [5.74, 6) is 0.861. The smallest absolute Gasteiger partial charge is 0.305 e. The molecule has 0 rings (SSSR count). The van der Waals surface area contributed by atoms with E-state index in [2.05, 4.69) is 13.8 Å². The Balaban J connectivity index is 0. The van der Waals surface area contributed by atoms with Crippen LogP contribution in [0.2, 0.25) is 0 Å². The van der Waals surface area contributed by atoms with Crippen LogP contribution >= 0.6 is 23.5 Å². The van der Waals surface area contributed by atoms with Gasteiger partial charge in [0.1, 0.15) is 0 Å². The van der Waals surface area contributed by atoms with E-state index in [0.29, 0.717) is 6.42 Å². The molecule has 0 aliphatic carbocycles. The van der Waals surface area contributed by atoms with Gasteiger partial charge in [0.2, 0.25) is 0 Å². The third-order valence-electron chi connectivity index (χ3n) is 6.25. The van der Waals surface area contributed by atoms with Crippen molar-refractivity contribution in [3.05, 3.63) is 0 Å². The highest BCUT2D eigenvalue weighted by Gasteiger charge is 2.13. The van der Waals surface area contributed by atoms with Crippen LogP contribution in [0.25, 0.3) is 0 Å². The van der Waals surface area contributed by atoms with E-state index in [4.69, 9.17) is 5.11 Å². The predicted molar refractivity (Wildman–Crippen MR) is 163 cm³/mol. The summed E-state index contributed by atoms with van der Waals surface area (Å²) in [5.41, 5.74) is 0. The van der Waals surface area contributed by atoms with Gasteiger partial charge in [-0.05, 0) is 24.3 Å². The van der Waals surface area contributed by atoms with Gasteiger partial charge in [0.25, 0.3) is 0 Å². The summed E-state index contributed by atoms with van der Waals surface area (Å²) in [6, 6.07) is 0. The molecule has 0 heterocycles. The van der Waals surface area contributed by atoms with Gasteiger partial charge in [-0.3, -0.25) is 9.59 Å². The molecule has 0 spiro atoms. The molecule has 0 saturated heterocycles. The summed E-state index contributed by atoms with van der Waals surface area (Å²) in [6.07, 6.45) is 27.8. The van der Waals surface area contributed by atoms with Crippen molar-refractivity contribution in [2.45, 2.75) is 167 Å². The maximum atomic E-state index is 11.2. The van der Waals surface area contributed by atoms with E-state index in [9.17, 15) is 14.7 Å². The van der Waals surface area contributed by atoms with E-state index in [-0.39, 0.29) is 11.0 Å². The largest absolute Gasteiger partial charge is 0.481 e. The number of hydrogen-bond donors (Lipinski definition) is 2. The lowest BCUT2D eigenvalue weighted by atomic mass is 10.1. The van der Waals surface area contributed by atoms with Crippen LogP contribution in [0.15, 0.2) is 0 Å². The van der Waals surface area contributed by atoms with Crippen molar-refractivity contribution in [3.8, 4) is 0 Å². The molecule has 0 bridgehead atoms. The van der Waals surface area contributed by atoms with E-state index in [1.54, 1.807) is 6.92 Å². The van der Waals surface area contributed by atoms with Gasteiger partial charge in [-0.2, -0.15) is 0 Å². The molecule has 0 aliphatic heterocycles. The number of aliphatic carboxylic acids is 2. The molecule has 0 radical (unpaired) electrons. The molecule has 6 heteroatoms.